The zero-order valence-corrected chi connectivity index (χ0v) is 13.8. The SMILES string of the molecule is Cc1cc(CO)nc(N(Cc2ccccc2)Cc2ccccc2)n1. The molecule has 4 nitrogen and oxygen atoms in total. The van der Waals surface area contributed by atoms with Crippen LogP contribution in [-0.2, 0) is 19.7 Å². The van der Waals surface area contributed by atoms with Gasteiger partial charge < -0.3 is 10.0 Å². The summed E-state index contributed by atoms with van der Waals surface area (Å²) < 4.78 is 0. The molecule has 0 aliphatic rings. The molecular formula is C20H21N3O. The summed E-state index contributed by atoms with van der Waals surface area (Å²) in [5.41, 5.74) is 3.90. The molecule has 1 aromatic heterocycles. The van der Waals surface area contributed by atoms with Gasteiger partial charge in [0.15, 0.2) is 0 Å². The third-order valence-corrected chi connectivity index (χ3v) is 3.77. The molecule has 0 unspecified atom stereocenters. The lowest BCUT2D eigenvalue weighted by Crippen LogP contribution is -2.25. The van der Waals surface area contributed by atoms with Crippen molar-refractivity contribution in [3.63, 3.8) is 0 Å². The summed E-state index contributed by atoms with van der Waals surface area (Å²) in [6, 6.07) is 22.4. The molecule has 0 aliphatic carbocycles. The zero-order valence-electron chi connectivity index (χ0n) is 13.8. The number of aliphatic hydroxyl groups excluding tert-OH is 1. The fraction of sp³-hybridized carbons (Fsp3) is 0.200. The number of aromatic nitrogens is 2. The number of aryl methyl sites for hydroxylation is 1. The molecule has 1 N–H and O–H groups in total. The number of hydrogen-bond acceptors (Lipinski definition) is 4. The van der Waals surface area contributed by atoms with Gasteiger partial charge in [-0.2, -0.15) is 0 Å². The number of anilines is 1. The van der Waals surface area contributed by atoms with Gasteiger partial charge in [-0.15, -0.1) is 0 Å². The van der Waals surface area contributed by atoms with Crippen LogP contribution in [0.15, 0.2) is 66.7 Å². The third kappa shape index (κ3) is 4.18. The third-order valence-electron chi connectivity index (χ3n) is 3.77. The highest BCUT2D eigenvalue weighted by Gasteiger charge is 2.13. The standard InChI is InChI=1S/C20H21N3O/c1-16-12-19(15-24)22-20(21-16)23(13-17-8-4-2-5-9-17)14-18-10-6-3-7-11-18/h2-12,24H,13-15H2,1H3. The largest absolute Gasteiger partial charge is 0.390 e. The highest BCUT2D eigenvalue weighted by molar-refractivity contribution is 5.36. The lowest BCUT2D eigenvalue weighted by molar-refractivity contribution is 0.276. The second kappa shape index (κ2) is 7.70. The van der Waals surface area contributed by atoms with E-state index in [2.05, 4.69) is 39.1 Å². The highest BCUT2D eigenvalue weighted by atomic mass is 16.3. The summed E-state index contributed by atoms with van der Waals surface area (Å²) in [4.78, 5) is 11.2. The van der Waals surface area contributed by atoms with E-state index in [1.165, 1.54) is 11.1 Å². The molecule has 1 heterocycles. The van der Waals surface area contributed by atoms with Crippen molar-refractivity contribution in [3.05, 3.63) is 89.2 Å². The number of hydrogen-bond donors (Lipinski definition) is 1. The van der Waals surface area contributed by atoms with Crippen LogP contribution in [0.2, 0.25) is 0 Å². The molecule has 4 heteroatoms. The van der Waals surface area contributed by atoms with Gasteiger partial charge in [-0.3, -0.25) is 0 Å². The number of nitrogens with zero attached hydrogens (tertiary/aromatic N) is 3. The Morgan fingerprint density at radius 1 is 0.833 bits per heavy atom. The summed E-state index contributed by atoms with van der Waals surface area (Å²) >= 11 is 0. The van der Waals surface area contributed by atoms with Crippen LogP contribution < -0.4 is 4.90 Å². The summed E-state index contributed by atoms with van der Waals surface area (Å²) in [6.45, 7) is 3.27. The van der Waals surface area contributed by atoms with Gasteiger partial charge in [-0.25, -0.2) is 9.97 Å². The van der Waals surface area contributed by atoms with E-state index in [1.54, 1.807) is 0 Å². The minimum Gasteiger partial charge on any atom is -0.390 e. The first-order valence-electron chi connectivity index (χ1n) is 8.03. The average Bonchev–Trinajstić information content (AvgIpc) is 2.62. The molecule has 0 bridgehead atoms. The molecule has 2 aromatic carbocycles. The van der Waals surface area contributed by atoms with Crippen molar-refractivity contribution in [1.29, 1.82) is 0 Å². The van der Waals surface area contributed by atoms with Crippen LogP contribution in [0.4, 0.5) is 5.95 Å². The van der Waals surface area contributed by atoms with E-state index in [0.29, 0.717) is 24.7 Å². The molecule has 0 atom stereocenters. The van der Waals surface area contributed by atoms with Crippen molar-refractivity contribution < 1.29 is 5.11 Å². The first-order chi connectivity index (χ1) is 11.7. The Balaban J connectivity index is 1.93. The van der Waals surface area contributed by atoms with Crippen molar-refractivity contribution >= 4 is 5.95 Å². The number of benzene rings is 2. The fourth-order valence-corrected chi connectivity index (χ4v) is 2.64. The molecule has 24 heavy (non-hydrogen) atoms. The van der Waals surface area contributed by atoms with Crippen LogP contribution in [0.1, 0.15) is 22.5 Å². The van der Waals surface area contributed by atoms with Crippen molar-refractivity contribution in [3.8, 4) is 0 Å². The van der Waals surface area contributed by atoms with Gasteiger partial charge in [-0.05, 0) is 24.1 Å². The summed E-state index contributed by atoms with van der Waals surface area (Å²) in [5.74, 6) is 0.645. The molecule has 3 rings (SSSR count). The Labute approximate surface area is 142 Å². The molecule has 0 radical (unpaired) electrons. The van der Waals surface area contributed by atoms with Gasteiger partial charge in [0, 0.05) is 18.8 Å². The van der Waals surface area contributed by atoms with Gasteiger partial charge in [0.1, 0.15) is 0 Å². The van der Waals surface area contributed by atoms with Crippen LogP contribution in [0.3, 0.4) is 0 Å². The highest BCUT2D eigenvalue weighted by Crippen LogP contribution is 2.17. The first-order valence-corrected chi connectivity index (χ1v) is 8.03. The van der Waals surface area contributed by atoms with Gasteiger partial charge in [0.2, 0.25) is 5.95 Å². The molecule has 0 aliphatic heterocycles. The van der Waals surface area contributed by atoms with Gasteiger partial charge >= 0.3 is 0 Å². The molecule has 0 saturated carbocycles. The molecule has 0 amide bonds. The Hall–Kier alpha value is -2.72. The molecule has 0 spiro atoms. The van der Waals surface area contributed by atoms with Gasteiger partial charge in [-0.1, -0.05) is 60.7 Å². The topological polar surface area (TPSA) is 49.3 Å². The van der Waals surface area contributed by atoms with E-state index in [4.69, 9.17) is 0 Å². The number of rotatable bonds is 6. The maximum Gasteiger partial charge on any atom is 0.226 e. The number of aliphatic hydroxyl groups is 1. The summed E-state index contributed by atoms with van der Waals surface area (Å²) in [6.07, 6.45) is 0. The van der Waals surface area contributed by atoms with Gasteiger partial charge in [0.05, 0.1) is 12.3 Å². The second-order valence-electron chi connectivity index (χ2n) is 5.79. The van der Waals surface area contributed by atoms with Crippen LogP contribution in [0.5, 0.6) is 0 Å². The van der Waals surface area contributed by atoms with E-state index in [0.717, 1.165) is 5.69 Å². The van der Waals surface area contributed by atoms with Crippen molar-refractivity contribution in [1.82, 2.24) is 9.97 Å². The van der Waals surface area contributed by atoms with E-state index in [9.17, 15) is 5.11 Å². The fourth-order valence-electron chi connectivity index (χ4n) is 2.64. The quantitative estimate of drug-likeness (QED) is 0.755. The van der Waals surface area contributed by atoms with E-state index >= 15 is 0 Å². The predicted octanol–water partition coefficient (Wildman–Crippen LogP) is 3.48. The van der Waals surface area contributed by atoms with Crippen molar-refractivity contribution in [2.45, 2.75) is 26.6 Å². The first kappa shape index (κ1) is 16.1. The Kier molecular flexibility index (Phi) is 5.18. The summed E-state index contributed by atoms with van der Waals surface area (Å²) in [5, 5.41) is 9.44. The summed E-state index contributed by atoms with van der Waals surface area (Å²) in [7, 11) is 0. The van der Waals surface area contributed by atoms with Crippen LogP contribution in [-0.4, -0.2) is 15.1 Å². The maximum absolute atomic E-state index is 9.44. The normalized spacial score (nSPS) is 10.6. The van der Waals surface area contributed by atoms with E-state index in [-0.39, 0.29) is 6.61 Å². The molecule has 3 aromatic rings. The van der Waals surface area contributed by atoms with Crippen LogP contribution in [0.25, 0.3) is 0 Å². The van der Waals surface area contributed by atoms with Crippen molar-refractivity contribution in [2.75, 3.05) is 4.90 Å². The Morgan fingerprint density at radius 3 is 1.88 bits per heavy atom. The minimum absolute atomic E-state index is 0.0825. The minimum atomic E-state index is -0.0825. The molecule has 0 fully saturated rings. The Bertz CT molecular complexity index is 734. The predicted molar refractivity (Wildman–Crippen MR) is 95.5 cm³/mol. The van der Waals surface area contributed by atoms with Crippen LogP contribution in [0, 0.1) is 6.92 Å². The monoisotopic (exact) mass is 319 g/mol. The van der Waals surface area contributed by atoms with E-state index in [1.807, 2.05) is 49.4 Å². The average molecular weight is 319 g/mol. The lowest BCUT2D eigenvalue weighted by atomic mass is 10.2. The zero-order chi connectivity index (χ0) is 16.8. The molecule has 0 saturated heterocycles. The second-order valence-corrected chi connectivity index (χ2v) is 5.79. The molecular weight excluding hydrogens is 298 g/mol. The Morgan fingerprint density at radius 2 is 1.38 bits per heavy atom. The van der Waals surface area contributed by atoms with Crippen molar-refractivity contribution in [2.24, 2.45) is 0 Å². The smallest absolute Gasteiger partial charge is 0.226 e. The maximum atomic E-state index is 9.44. The van der Waals surface area contributed by atoms with Crippen LogP contribution >= 0.6 is 0 Å². The lowest BCUT2D eigenvalue weighted by Gasteiger charge is -2.23. The molecule has 122 valence electrons. The van der Waals surface area contributed by atoms with E-state index < -0.39 is 0 Å². The van der Waals surface area contributed by atoms with Gasteiger partial charge in [0.25, 0.3) is 0 Å².